The lowest BCUT2D eigenvalue weighted by atomic mass is 10.1. The number of aryl methyl sites for hydroxylation is 2. The van der Waals surface area contributed by atoms with Crippen LogP contribution in [-0.4, -0.2) is 42.1 Å². The Morgan fingerprint density at radius 1 is 1.06 bits per heavy atom. The molecule has 4 rings (SSSR count). The number of nitrogens with zero attached hydrogens (tertiary/aromatic N) is 3. The lowest BCUT2D eigenvalue weighted by molar-refractivity contribution is -0.137. The van der Waals surface area contributed by atoms with Crippen LogP contribution in [0.2, 0.25) is 0 Å². The molecule has 0 N–H and O–H groups in total. The van der Waals surface area contributed by atoms with Crippen molar-refractivity contribution in [2.24, 2.45) is 0 Å². The first-order valence-electron chi connectivity index (χ1n) is 10.6. The Hall–Kier alpha value is -3.49. The van der Waals surface area contributed by atoms with Gasteiger partial charge in [-0.15, -0.1) is 0 Å². The van der Waals surface area contributed by atoms with Gasteiger partial charge < -0.3 is 19.1 Å². The summed E-state index contributed by atoms with van der Waals surface area (Å²) >= 11 is 0. The fourth-order valence-electron chi connectivity index (χ4n) is 3.81. The van der Waals surface area contributed by atoms with E-state index in [4.69, 9.17) is 9.26 Å². The number of hydrogen-bond donors (Lipinski definition) is 0. The summed E-state index contributed by atoms with van der Waals surface area (Å²) in [5.74, 6) is 1.11. The van der Waals surface area contributed by atoms with Crippen LogP contribution in [0.4, 0.5) is 18.9 Å². The van der Waals surface area contributed by atoms with E-state index in [1.807, 2.05) is 18.7 Å². The Bertz CT molecular complexity index is 1120. The minimum Gasteiger partial charge on any atom is -0.489 e. The molecule has 0 unspecified atom stereocenters. The lowest BCUT2D eigenvalue weighted by Gasteiger charge is -2.36. The summed E-state index contributed by atoms with van der Waals surface area (Å²) < 4.78 is 50.0. The summed E-state index contributed by atoms with van der Waals surface area (Å²) in [6, 6.07) is 12.2. The molecule has 0 bridgehead atoms. The van der Waals surface area contributed by atoms with Gasteiger partial charge in [-0.3, -0.25) is 4.79 Å². The van der Waals surface area contributed by atoms with Crippen LogP contribution in [0.3, 0.4) is 0 Å². The van der Waals surface area contributed by atoms with Crippen LogP contribution in [-0.2, 0) is 12.8 Å². The number of aromatic nitrogens is 1. The maximum Gasteiger partial charge on any atom is 0.416 e. The highest BCUT2D eigenvalue weighted by molar-refractivity contribution is 5.94. The van der Waals surface area contributed by atoms with E-state index in [1.165, 1.54) is 6.07 Å². The number of benzene rings is 2. The number of amides is 1. The second kappa shape index (κ2) is 9.17. The highest BCUT2D eigenvalue weighted by Gasteiger charge is 2.31. The maximum absolute atomic E-state index is 13.0. The molecule has 6 nitrogen and oxygen atoms in total. The van der Waals surface area contributed by atoms with Gasteiger partial charge >= 0.3 is 6.18 Å². The molecule has 1 saturated heterocycles. The fourth-order valence-corrected chi connectivity index (χ4v) is 3.81. The number of carbonyl (C=O) groups excluding carboxylic acids is 1. The van der Waals surface area contributed by atoms with Crippen molar-refractivity contribution in [1.29, 1.82) is 0 Å². The van der Waals surface area contributed by atoms with Gasteiger partial charge in [-0.05, 0) is 50.2 Å². The minimum atomic E-state index is -4.38. The van der Waals surface area contributed by atoms with Gasteiger partial charge in [0, 0.05) is 37.4 Å². The molecular weight excluding hydrogens is 435 g/mol. The van der Waals surface area contributed by atoms with Gasteiger partial charge in [0.15, 0.2) is 0 Å². The van der Waals surface area contributed by atoms with Crippen molar-refractivity contribution < 1.29 is 27.2 Å². The standard InChI is InChI=1S/C24H24F3N3O3/c1-16-22(17(2)33-28-16)15-32-21-8-3-5-18(13-21)23(31)30-11-9-29(10-12-30)20-7-4-6-19(14-20)24(25,26)27/h3-8,13-14H,9-12,15H2,1-2H3. The van der Waals surface area contributed by atoms with Crippen LogP contribution < -0.4 is 9.64 Å². The Balaban J connectivity index is 1.37. The van der Waals surface area contributed by atoms with E-state index in [0.29, 0.717) is 48.9 Å². The van der Waals surface area contributed by atoms with Gasteiger partial charge in [-0.25, -0.2) is 0 Å². The molecule has 1 amide bonds. The topological polar surface area (TPSA) is 58.8 Å². The summed E-state index contributed by atoms with van der Waals surface area (Å²) in [5, 5.41) is 3.90. The lowest BCUT2D eigenvalue weighted by Crippen LogP contribution is -2.48. The largest absolute Gasteiger partial charge is 0.489 e. The number of piperazine rings is 1. The van der Waals surface area contributed by atoms with E-state index < -0.39 is 11.7 Å². The second-order valence-corrected chi connectivity index (χ2v) is 7.95. The molecule has 0 spiro atoms. The summed E-state index contributed by atoms with van der Waals surface area (Å²) in [4.78, 5) is 16.6. The Morgan fingerprint density at radius 2 is 1.79 bits per heavy atom. The van der Waals surface area contributed by atoms with Gasteiger partial charge in [0.2, 0.25) is 0 Å². The number of carbonyl (C=O) groups is 1. The van der Waals surface area contributed by atoms with Crippen molar-refractivity contribution in [1.82, 2.24) is 10.1 Å². The molecule has 174 valence electrons. The molecule has 1 aromatic heterocycles. The molecule has 1 aliphatic rings. The van der Waals surface area contributed by atoms with Crippen molar-refractivity contribution >= 4 is 11.6 Å². The van der Waals surface area contributed by atoms with E-state index in [0.717, 1.165) is 23.4 Å². The van der Waals surface area contributed by atoms with E-state index in [2.05, 4.69) is 5.16 Å². The van der Waals surface area contributed by atoms with Crippen molar-refractivity contribution in [2.75, 3.05) is 31.1 Å². The highest BCUT2D eigenvalue weighted by Crippen LogP contribution is 2.32. The van der Waals surface area contributed by atoms with Crippen LogP contribution in [0.25, 0.3) is 0 Å². The van der Waals surface area contributed by atoms with Crippen LogP contribution >= 0.6 is 0 Å². The normalized spacial score (nSPS) is 14.5. The van der Waals surface area contributed by atoms with Crippen molar-refractivity contribution in [3.63, 3.8) is 0 Å². The van der Waals surface area contributed by atoms with Crippen LogP contribution in [0.5, 0.6) is 5.75 Å². The third-order valence-electron chi connectivity index (χ3n) is 5.75. The molecule has 0 atom stereocenters. The van der Waals surface area contributed by atoms with E-state index in [1.54, 1.807) is 35.2 Å². The molecule has 1 fully saturated rings. The molecule has 3 aromatic rings. The highest BCUT2D eigenvalue weighted by atomic mass is 19.4. The number of ether oxygens (including phenoxy) is 1. The van der Waals surface area contributed by atoms with Gasteiger partial charge in [0.25, 0.3) is 5.91 Å². The minimum absolute atomic E-state index is 0.138. The van der Waals surface area contributed by atoms with Crippen LogP contribution in [0.1, 0.15) is 32.9 Å². The van der Waals surface area contributed by atoms with Gasteiger partial charge in [0.1, 0.15) is 18.1 Å². The van der Waals surface area contributed by atoms with Gasteiger partial charge in [-0.1, -0.05) is 17.3 Å². The predicted octanol–water partition coefficient (Wildman–Crippen LogP) is 4.85. The molecule has 1 aliphatic heterocycles. The molecule has 9 heteroatoms. The van der Waals surface area contributed by atoms with Gasteiger partial charge in [-0.2, -0.15) is 13.2 Å². The van der Waals surface area contributed by atoms with Crippen LogP contribution in [0.15, 0.2) is 53.1 Å². The molecule has 33 heavy (non-hydrogen) atoms. The first-order chi connectivity index (χ1) is 15.7. The van der Waals surface area contributed by atoms with E-state index >= 15 is 0 Å². The zero-order valence-electron chi connectivity index (χ0n) is 18.4. The summed E-state index contributed by atoms with van der Waals surface area (Å²) in [6.45, 7) is 5.68. The average molecular weight is 459 g/mol. The number of alkyl halides is 3. The van der Waals surface area contributed by atoms with Crippen molar-refractivity contribution in [3.8, 4) is 5.75 Å². The Morgan fingerprint density at radius 3 is 2.45 bits per heavy atom. The average Bonchev–Trinajstić information content (AvgIpc) is 3.14. The Labute approximate surface area is 189 Å². The van der Waals surface area contributed by atoms with E-state index in [-0.39, 0.29) is 12.5 Å². The molecular formula is C24H24F3N3O3. The quantitative estimate of drug-likeness (QED) is 0.546. The predicted molar refractivity (Wildman–Crippen MR) is 116 cm³/mol. The first kappa shape index (κ1) is 22.7. The van der Waals surface area contributed by atoms with Crippen LogP contribution in [0, 0.1) is 13.8 Å². The van der Waals surface area contributed by atoms with Crippen molar-refractivity contribution in [3.05, 3.63) is 76.7 Å². The van der Waals surface area contributed by atoms with E-state index in [9.17, 15) is 18.0 Å². The summed E-state index contributed by atoms with van der Waals surface area (Å²) in [6.07, 6.45) is -4.38. The SMILES string of the molecule is Cc1noc(C)c1COc1cccc(C(=O)N2CCN(c3cccc(C(F)(F)F)c3)CC2)c1. The zero-order chi connectivity index (χ0) is 23.6. The molecule has 2 aromatic carbocycles. The zero-order valence-corrected chi connectivity index (χ0v) is 18.4. The number of rotatable bonds is 5. The fraction of sp³-hybridized carbons (Fsp3) is 0.333. The third-order valence-corrected chi connectivity index (χ3v) is 5.75. The molecule has 0 aliphatic carbocycles. The number of hydrogen-bond acceptors (Lipinski definition) is 5. The summed E-state index contributed by atoms with van der Waals surface area (Å²) in [5.41, 5.74) is 1.97. The molecule has 0 radical (unpaired) electrons. The second-order valence-electron chi connectivity index (χ2n) is 7.95. The smallest absolute Gasteiger partial charge is 0.416 e. The van der Waals surface area contributed by atoms with Gasteiger partial charge in [0.05, 0.1) is 16.8 Å². The summed E-state index contributed by atoms with van der Waals surface area (Å²) in [7, 11) is 0. The molecule has 2 heterocycles. The molecule has 0 saturated carbocycles. The Kier molecular flexibility index (Phi) is 6.31. The number of anilines is 1. The first-order valence-corrected chi connectivity index (χ1v) is 10.6. The van der Waals surface area contributed by atoms with Crippen molar-refractivity contribution in [2.45, 2.75) is 26.6 Å². The monoisotopic (exact) mass is 459 g/mol. The maximum atomic E-state index is 13.0. The third kappa shape index (κ3) is 5.13. The number of halogens is 3.